The van der Waals surface area contributed by atoms with Crippen molar-refractivity contribution in [1.82, 2.24) is 14.7 Å². The van der Waals surface area contributed by atoms with Crippen molar-refractivity contribution in [2.24, 2.45) is 5.73 Å². The van der Waals surface area contributed by atoms with Gasteiger partial charge in [-0.2, -0.15) is 5.26 Å². The fraction of sp³-hybridized carbons (Fsp3) is 0.571. The van der Waals surface area contributed by atoms with E-state index in [2.05, 4.69) is 25.6 Å². The van der Waals surface area contributed by atoms with Crippen molar-refractivity contribution in [3.8, 4) is 6.07 Å². The lowest BCUT2D eigenvalue weighted by Crippen LogP contribution is -2.56. The van der Waals surface area contributed by atoms with E-state index in [1.165, 1.54) is 0 Å². The van der Waals surface area contributed by atoms with Crippen LogP contribution in [0.15, 0.2) is 29.2 Å². The van der Waals surface area contributed by atoms with Crippen molar-refractivity contribution < 1.29 is 9.59 Å². The van der Waals surface area contributed by atoms with Crippen molar-refractivity contribution in [2.75, 3.05) is 19.6 Å². The van der Waals surface area contributed by atoms with Crippen LogP contribution in [0, 0.1) is 11.3 Å². The molecule has 3 aliphatic rings. The van der Waals surface area contributed by atoms with Gasteiger partial charge >= 0.3 is 0 Å². The number of amides is 2. The molecule has 4 rings (SSSR count). The summed E-state index contributed by atoms with van der Waals surface area (Å²) in [5.74, 6) is -0.0687. The van der Waals surface area contributed by atoms with Crippen LogP contribution in [0.5, 0.6) is 0 Å². The number of carbonyl (C=O) groups excluding carboxylic acids is 2. The van der Waals surface area contributed by atoms with Gasteiger partial charge in [-0.3, -0.25) is 14.5 Å². The highest BCUT2D eigenvalue weighted by atomic mass is 32.1. The van der Waals surface area contributed by atoms with Gasteiger partial charge in [-0.1, -0.05) is 12.1 Å². The van der Waals surface area contributed by atoms with Crippen molar-refractivity contribution in [1.29, 1.82) is 5.26 Å². The number of hydrogen-bond donors (Lipinski definition) is 2. The smallest absolute Gasteiger partial charge is 0.241 e. The summed E-state index contributed by atoms with van der Waals surface area (Å²) in [6.07, 6.45) is 2.33. The van der Waals surface area contributed by atoms with Crippen molar-refractivity contribution in [3.05, 3.63) is 29.8 Å². The van der Waals surface area contributed by atoms with Gasteiger partial charge in [0, 0.05) is 30.6 Å². The second kappa shape index (κ2) is 7.98. The Hall–Kier alpha value is -2.08. The summed E-state index contributed by atoms with van der Waals surface area (Å²) in [6.45, 7) is 3.73. The second-order valence-electron chi connectivity index (χ2n) is 8.30. The van der Waals surface area contributed by atoms with Crippen LogP contribution in [0.2, 0.25) is 0 Å². The van der Waals surface area contributed by atoms with Gasteiger partial charge in [0.2, 0.25) is 11.8 Å². The van der Waals surface area contributed by atoms with Crippen molar-refractivity contribution >= 4 is 24.4 Å². The Morgan fingerprint density at radius 2 is 2.10 bits per heavy atom. The first-order valence-electron chi connectivity index (χ1n) is 10.2. The number of nitriles is 1. The predicted molar refractivity (Wildman–Crippen MR) is 111 cm³/mol. The van der Waals surface area contributed by atoms with Crippen molar-refractivity contribution in [3.63, 3.8) is 0 Å². The summed E-state index contributed by atoms with van der Waals surface area (Å²) < 4.78 is 0. The third-order valence-corrected chi connectivity index (χ3v) is 6.84. The summed E-state index contributed by atoms with van der Waals surface area (Å²) >= 11 is 4.33. The SMILES string of the molecule is CC(c1ccc(S)cc1)N1C(=O)[C@@H]2C[C@H]1CN2CC(N)C(=O)N1CCCC1C#N. The third kappa shape index (κ3) is 3.63. The Kier molecular flexibility index (Phi) is 5.56. The number of nitrogens with zero attached hydrogens (tertiary/aromatic N) is 4. The number of fused-ring (bicyclic) bond motifs is 2. The van der Waals surface area contributed by atoms with E-state index in [1.807, 2.05) is 34.1 Å². The molecule has 154 valence electrons. The molecule has 7 nitrogen and oxygen atoms in total. The average Bonchev–Trinajstić information content (AvgIpc) is 3.41. The molecule has 3 fully saturated rings. The largest absolute Gasteiger partial charge is 0.330 e. The van der Waals surface area contributed by atoms with E-state index >= 15 is 0 Å². The van der Waals surface area contributed by atoms with Gasteiger partial charge in [0.25, 0.3) is 0 Å². The molecule has 3 aliphatic heterocycles. The average molecular weight is 414 g/mol. The highest BCUT2D eigenvalue weighted by molar-refractivity contribution is 7.80. The van der Waals surface area contributed by atoms with Crippen LogP contribution in [-0.4, -0.2) is 70.3 Å². The van der Waals surface area contributed by atoms with Gasteiger partial charge in [0.05, 0.1) is 24.2 Å². The molecule has 0 aromatic heterocycles. The van der Waals surface area contributed by atoms with E-state index < -0.39 is 6.04 Å². The molecular weight excluding hydrogens is 386 g/mol. The van der Waals surface area contributed by atoms with E-state index in [0.29, 0.717) is 19.5 Å². The molecule has 0 saturated carbocycles. The summed E-state index contributed by atoms with van der Waals surface area (Å²) in [5.41, 5.74) is 7.29. The minimum atomic E-state index is -0.704. The molecule has 2 N–H and O–H groups in total. The molecule has 0 spiro atoms. The zero-order valence-electron chi connectivity index (χ0n) is 16.6. The zero-order valence-corrected chi connectivity index (χ0v) is 17.5. The van der Waals surface area contributed by atoms with E-state index in [1.54, 1.807) is 4.90 Å². The number of benzene rings is 1. The Labute approximate surface area is 176 Å². The normalized spacial score (nSPS) is 28.6. The Balaban J connectivity index is 1.39. The fourth-order valence-corrected chi connectivity index (χ4v) is 5.17. The summed E-state index contributed by atoms with van der Waals surface area (Å²) in [7, 11) is 0. The number of likely N-dealkylation sites (tertiary alicyclic amines) is 3. The fourth-order valence-electron chi connectivity index (χ4n) is 5.02. The maximum Gasteiger partial charge on any atom is 0.241 e. The third-order valence-electron chi connectivity index (χ3n) is 6.54. The molecule has 1 aromatic rings. The van der Waals surface area contributed by atoms with Crippen LogP contribution in [0.4, 0.5) is 0 Å². The number of hydrogen-bond acceptors (Lipinski definition) is 6. The lowest BCUT2D eigenvalue weighted by molar-refractivity contribution is -0.140. The van der Waals surface area contributed by atoms with Crippen LogP contribution >= 0.6 is 12.6 Å². The topological polar surface area (TPSA) is 93.7 Å². The number of thiol groups is 1. The van der Waals surface area contributed by atoms with Crippen LogP contribution < -0.4 is 5.73 Å². The molecule has 3 unspecified atom stereocenters. The molecule has 5 atom stereocenters. The van der Waals surface area contributed by atoms with E-state index in [9.17, 15) is 14.9 Å². The van der Waals surface area contributed by atoms with Crippen LogP contribution in [0.1, 0.15) is 37.8 Å². The van der Waals surface area contributed by atoms with Crippen molar-refractivity contribution in [2.45, 2.75) is 61.3 Å². The summed E-state index contributed by atoms with van der Waals surface area (Å²) in [6, 6.07) is 8.95. The molecular formula is C21H27N5O2S. The standard InChI is InChI=1S/C21H27N5O2S/c1-13(14-4-6-17(29)7-5-14)26-16-9-19(21(26)28)24(11-16)12-18(23)20(27)25-8-2-3-15(25)10-22/h4-7,13,15-16,18-19,29H,2-3,8-9,11-12,23H2,1H3/t13?,15?,16-,18?,19-/m0/s1. The van der Waals surface area contributed by atoms with Gasteiger partial charge in [0.15, 0.2) is 0 Å². The maximum atomic E-state index is 13.1. The summed E-state index contributed by atoms with van der Waals surface area (Å²) in [4.78, 5) is 32.3. The molecule has 0 aliphatic carbocycles. The molecule has 2 bridgehead atoms. The molecule has 29 heavy (non-hydrogen) atoms. The zero-order chi connectivity index (χ0) is 20.7. The minimum absolute atomic E-state index is 0.00451. The molecule has 1 aromatic carbocycles. The Bertz CT molecular complexity index is 838. The van der Waals surface area contributed by atoms with Crippen LogP contribution in [0.3, 0.4) is 0 Å². The number of nitrogens with two attached hydrogens (primary N) is 1. The first-order chi connectivity index (χ1) is 13.9. The number of carbonyl (C=O) groups is 2. The first-order valence-corrected chi connectivity index (χ1v) is 10.7. The maximum absolute atomic E-state index is 13.1. The van der Waals surface area contributed by atoms with Crippen LogP contribution in [-0.2, 0) is 9.59 Å². The summed E-state index contributed by atoms with van der Waals surface area (Å²) in [5, 5.41) is 9.21. The lowest BCUT2D eigenvalue weighted by Gasteiger charge is -2.38. The monoisotopic (exact) mass is 413 g/mol. The molecule has 8 heteroatoms. The number of rotatable bonds is 5. The van der Waals surface area contributed by atoms with Gasteiger partial charge in [-0.05, 0) is 43.9 Å². The molecule has 3 saturated heterocycles. The highest BCUT2D eigenvalue weighted by Gasteiger charge is 2.51. The van der Waals surface area contributed by atoms with Crippen LogP contribution in [0.25, 0.3) is 0 Å². The van der Waals surface area contributed by atoms with E-state index in [-0.39, 0.29) is 36.0 Å². The molecule has 3 heterocycles. The predicted octanol–water partition coefficient (Wildman–Crippen LogP) is 1.16. The van der Waals surface area contributed by atoms with Gasteiger partial charge in [0.1, 0.15) is 6.04 Å². The lowest BCUT2D eigenvalue weighted by atomic mass is 10.1. The first kappa shape index (κ1) is 20.2. The van der Waals surface area contributed by atoms with Gasteiger partial charge in [-0.25, -0.2) is 0 Å². The van der Waals surface area contributed by atoms with Gasteiger partial charge < -0.3 is 15.5 Å². The number of piperazine rings is 1. The van der Waals surface area contributed by atoms with E-state index in [4.69, 9.17) is 5.73 Å². The van der Waals surface area contributed by atoms with E-state index in [0.717, 1.165) is 29.8 Å². The Morgan fingerprint density at radius 3 is 2.76 bits per heavy atom. The quantitative estimate of drug-likeness (QED) is 0.707. The minimum Gasteiger partial charge on any atom is -0.330 e. The molecule has 0 radical (unpaired) electrons. The Morgan fingerprint density at radius 1 is 1.38 bits per heavy atom. The molecule has 2 amide bonds. The van der Waals surface area contributed by atoms with Gasteiger partial charge in [-0.15, -0.1) is 12.6 Å². The highest BCUT2D eigenvalue weighted by Crippen LogP contribution is 2.38. The second-order valence-corrected chi connectivity index (χ2v) is 8.81.